The van der Waals surface area contributed by atoms with E-state index in [0.717, 1.165) is 45.0 Å². The van der Waals surface area contributed by atoms with E-state index in [1.807, 2.05) is 0 Å². The summed E-state index contributed by atoms with van der Waals surface area (Å²) in [7, 11) is 0. The van der Waals surface area contributed by atoms with Crippen LogP contribution >= 0.6 is 11.3 Å². The van der Waals surface area contributed by atoms with Crippen LogP contribution in [0.25, 0.3) is 0 Å². The molecule has 0 unspecified atom stereocenters. The van der Waals surface area contributed by atoms with E-state index < -0.39 is 0 Å². The summed E-state index contributed by atoms with van der Waals surface area (Å²) < 4.78 is 0. The first-order valence-corrected chi connectivity index (χ1v) is 8.75. The molecule has 0 spiro atoms. The van der Waals surface area contributed by atoms with Gasteiger partial charge < -0.3 is 15.1 Å². The fourth-order valence-corrected chi connectivity index (χ4v) is 3.11. The number of aromatic nitrogens is 1. The second-order valence-corrected chi connectivity index (χ2v) is 5.70. The Morgan fingerprint density at radius 1 is 1.10 bits per heavy atom. The molecule has 1 heterocycles. The van der Waals surface area contributed by atoms with E-state index in [-0.39, 0.29) is 0 Å². The van der Waals surface area contributed by atoms with Crippen molar-refractivity contribution in [3.05, 3.63) is 11.1 Å². The predicted molar refractivity (Wildman–Crippen MR) is 89.8 cm³/mol. The van der Waals surface area contributed by atoms with Crippen LogP contribution in [-0.4, -0.2) is 49.2 Å². The lowest BCUT2D eigenvalue weighted by molar-refractivity contribution is 0.300. The standard InChI is InChI=1S/C15H30N4S/c1-5-16-12-14-13-20-15(17-14)19(8-4)11-9-10-18(6-2)7-3/h13,16H,5-12H2,1-4H3. The minimum atomic E-state index is 0.879. The third kappa shape index (κ3) is 5.77. The molecule has 4 nitrogen and oxygen atoms in total. The molecule has 0 aromatic carbocycles. The van der Waals surface area contributed by atoms with Gasteiger partial charge in [0, 0.05) is 25.0 Å². The molecule has 0 saturated heterocycles. The molecule has 0 amide bonds. The first kappa shape index (κ1) is 17.4. The van der Waals surface area contributed by atoms with Gasteiger partial charge in [0.25, 0.3) is 0 Å². The van der Waals surface area contributed by atoms with E-state index in [1.54, 1.807) is 11.3 Å². The molecule has 5 heteroatoms. The number of rotatable bonds is 11. The maximum Gasteiger partial charge on any atom is 0.185 e. The maximum atomic E-state index is 4.73. The number of thiazole rings is 1. The minimum Gasteiger partial charge on any atom is -0.348 e. The summed E-state index contributed by atoms with van der Waals surface area (Å²) in [5.74, 6) is 0. The van der Waals surface area contributed by atoms with Crippen LogP contribution in [0.2, 0.25) is 0 Å². The number of hydrogen-bond donors (Lipinski definition) is 1. The van der Waals surface area contributed by atoms with Crippen molar-refractivity contribution in [1.82, 2.24) is 15.2 Å². The Morgan fingerprint density at radius 3 is 2.45 bits per heavy atom. The van der Waals surface area contributed by atoms with Crippen LogP contribution in [0.1, 0.15) is 39.8 Å². The normalized spacial score (nSPS) is 11.2. The molecule has 0 saturated carbocycles. The van der Waals surface area contributed by atoms with Crippen molar-refractivity contribution in [3.8, 4) is 0 Å². The SMILES string of the molecule is CCNCc1csc(N(CC)CCCN(CC)CC)n1. The second kappa shape index (κ2) is 10.1. The van der Waals surface area contributed by atoms with Crippen LogP contribution in [0.5, 0.6) is 0 Å². The molecule has 0 atom stereocenters. The summed E-state index contributed by atoms with van der Waals surface area (Å²) in [5, 5.41) is 6.67. The van der Waals surface area contributed by atoms with Gasteiger partial charge in [0.2, 0.25) is 0 Å². The monoisotopic (exact) mass is 298 g/mol. The number of nitrogens with one attached hydrogen (secondary N) is 1. The van der Waals surface area contributed by atoms with E-state index in [2.05, 4.69) is 48.2 Å². The summed E-state index contributed by atoms with van der Waals surface area (Å²) in [6.07, 6.45) is 1.21. The molecule has 0 aliphatic rings. The maximum absolute atomic E-state index is 4.73. The summed E-state index contributed by atoms with van der Waals surface area (Å²) in [5.41, 5.74) is 1.16. The molecule has 1 rings (SSSR count). The minimum absolute atomic E-state index is 0.879. The van der Waals surface area contributed by atoms with Crippen LogP contribution in [-0.2, 0) is 6.54 Å². The van der Waals surface area contributed by atoms with Crippen LogP contribution < -0.4 is 10.2 Å². The highest BCUT2D eigenvalue weighted by molar-refractivity contribution is 7.13. The Kier molecular flexibility index (Phi) is 8.82. The lowest BCUT2D eigenvalue weighted by Gasteiger charge is -2.23. The largest absolute Gasteiger partial charge is 0.348 e. The van der Waals surface area contributed by atoms with E-state index >= 15 is 0 Å². The van der Waals surface area contributed by atoms with Crippen molar-refractivity contribution < 1.29 is 0 Å². The van der Waals surface area contributed by atoms with Crippen molar-refractivity contribution in [2.75, 3.05) is 44.2 Å². The zero-order valence-corrected chi connectivity index (χ0v) is 14.3. The van der Waals surface area contributed by atoms with Gasteiger partial charge in [0.15, 0.2) is 5.13 Å². The Labute approximate surface area is 128 Å². The molecule has 0 radical (unpaired) electrons. The van der Waals surface area contributed by atoms with Gasteiger partial charge in [-0.1, -0.05) is 20.8 Å². The number of hydrogen-bond acceptors (Lipinski definition) is 5. The smallest absolute Gasteiger partial charge is 0.185 e. The van der Waals surface area contributed by atoms with E-state index in [1.165, 1.54) is 18.1 Å². The fourth-order valence-electron chi connectivity index (χ4n) is 2.19. The molecule has 1 aromatic heterocycles. The summed E-state index contributed by atoms with van der Waals surface area (Å²) >= 11 is 1.76. The number of nitrogens with zero attached hydrogens (tertiary/aromatic N) is 3. The third-order valence-corrected chi connectivity index (χ3v) is 4.50. The Hall–Kier alpha value is -0.650. The van der Waals surface area contributed by atoms with E-state index in [9.17, 15) is 0 Å². The van der Waals surface area contributed by atoms with Gasteiger partial charge in [-0.05, 0) is 39.5 Å². The molecule has 1 aromatic rings. The Bertz CT molecular complexity index is 349. The highest BCUT2D eigenvalue weighted by Crippen LogP contribution is 2.20. The van der Waals surface area contributed by atoms with Gasteiger partial charge in [0.1, 0.15) is 0 Å². The van der Waals surface area contributed by atoms with Gasteiger partial charge in [-0.3, -0.25) is 0 Å². The summed E-state index contributed by atoms with van der Waals surface area (Å²) in [6, 6.07) is 0. The van der Waals surface area contributed by atoms with Gasteiger partial charge in [-0.15, -0.1) is 11.3 Å². The second-order valence-electron chi connectivity index (χ2n) is 4.86. The Morgan fingerprint density at radius 2 is 1.85 bits per heavy atom. The topological polar surface area (TPSA) is 31.4 Å². The molecule has 0 fully saturated rings. The van der Waals surface area contributed by atoms with Crippen LogP contribution in [0.3, 0.4) is 0 Å². The van der Waals surface area contributed by atoms with Crippen LogP contribution in [0.15, 0.2) is 5.38 Å². The lowest BCUT2D eigenvalue weighted by atomic mass is 10.3. The lowest BCUT2D eigenvalue weighted by Crippen LogP contribution is -2.30. The van der Waals surface area contributed by atoms with E-state index in [4.69, 9.17) is 4.98 Å². The average molecular weight is 298 g/mol. The van der Waals surface area contributed by atoms with Gasteiger partial charge in [-0.2, -0.15) is 0 Å². The average Bonchev–Trinajstić information content (AvgIpc) is 2.94. The van der Waals surface area contributed by atoms with Crippen LogP contribution in [0, 0.1) is 0 Å². The Balaban J connectivity index is 2.43. The van der Waals surface area contributed by atoms with E-state index in [0.29, 0.717) is 0 Å². The molecule has 0 bridgehead atoms. The predicted octanol–water partition coefficient (Wildman–Crippen LogP) is 2.81. The van der Waals surface area contributed by atoms with Crippen LogP contribution in [0.4, 0.5) is 5.13 Å². The van der Waals surface area contributed by atoms with Gasteiger partial charge in [0.05, 0.1) is 5.69 Å². The quantitative estimate of drug-likeness (QED) is 0.681. The van der Waals surface area contributed by atoms with Crippen molar-refractivity contribution in [2.45, 2.75) is 40.7 Å². The molecule has 116 valence electrons. The molecule has 0 aliphatic carbocycles. The number of anilines is 1. The van der Waals surface area contributed by atoms with Crippen molar-refractivity contribution >= 4 is 16.5 Å². The highest BCUT2D eigenvalue weighted by Gasteiger charge is 2.09. The third-order valence-electron chi connectivity index (χ3n) is 3.54. The summed E-state index contributed by atoms with van der Waals surface area (Å²) in [6.45, 7) is 16.3. The fraction of sp³-hybridized carbons (Fsp3) is 0.800. The molecule has 0 aliphatic heterocycles. The first-order chi connectivity index (χ1) is 9.74. The first-order valence-electron chi connectivity index (χ1n) is 7.87. The molecular weight excluding hydrogens is 268 g/mol. The van der Waals surface area contributed by atoms with Crippen molar-refractivity contribution in [1.29, 1.82) is 0 Å². The molecular formula is C15H30N4S. The molecule has 20 heavy (non-hydrogen) atoms. The molecule has 1 N–H and O–H groups in total. The summed E-state index contributed by atoms with van der Waals surface area (Å²) in [4.78, 5) is 9.60. The van der Waals surface area contributed by atoms with Crippen molar-refractivity contribution in [2.24, 2.45) is 0 Å². The van der Waals surface area contributed by atoms with Gasteiger partial charge in [-0.25, -0.2) is 4.98 Å². The van der Waals surface area contributed by atoms with Gasteiger partial charge >= 0.3 is 0 Å². The zero-order valence-electron chi connectivity index (χ0n) is 13.5. The highest BCUT2D eigenvalue weighted by atomic mass is 32.1. The zero-order chi connectivity index (χ0) is 14.8. The van der Waals surface area contributed by atoms with Crippen molar-refractivity contribution in [3.63, 3.8) is 0 Å².